The lowest BCUT2D eigenvalue weighted by Crippen LogP contribution is -2.44. The molecule has 2 aliphatic heterocycles. The van der Waals surface area contributed by atoms with Crippen LogP contribution in [0.4, 0.5) is 0 Å². The second-order valence-corrected chi connectivity index (χ2v) is 20.3. The molecule has 5 heterocycles. The number of hydrogen-bond acceptors (Lipinski definition) is 13. The smallest absolute Gasteiger partial charge is 0.343 e. The number of carbonyl (C=O) groups is 4. The molecule has 5 N–H and O–H groups in total. The minimum Gasteiger partial charge on any atom is -0.494 e. The summed E-state index contributed by atoms with van der Waals surface area (Å²) in [7, 11) is 5.14. The van der Waals surface area contributed by atoms with Crippen molar-refractivity contribution in [3.63, 3.8) is 0 Å². The van der Waals surface area contributed by atoms with Gasteiger partial charge in [-0.2, -0.15) is 0 Å². The Morgan fingerprint density at radius 1 is 1.02 bits per heavy atom. The fourth-order valence-corrected chi connectivity index (χ4v) is 10.1. The number of aliphatic hydroxyl groups is 1. The van der Waals surface area contributed by atoms with E-state index in [4.69, 9.17) is 19.2 Å². The minimum absolute atomic E-state index is 0.0573. The monoisotopic (exact) mass is 909 g/mol. The number of ether oxygens (including phenoxy) is 3. The third kappa shape index (κ3) is 9.52. The van der Waals surface area contributed by atoms with Crippen LogP contribution in [0.1, 0.15) is 81.0 Å². The molecule has 1 saturated carbocycles. The summed E-state index contributed by atoms with van der Waals surface area (Å²) in [6.45, 7) is 5.07. The van der Waals surface area contributed by atoms with Crippen LogP contribution in [0, 0.1) is 11.8 Å². The normalized spacial score (nSPS) is 19.2. The number of carbonyl (C=O) groups excluding carboxylic acids is 4. The van der Waals surface area contributed by atoms with Gasteiger partial charge in [-0.05, 0) is 74.3 Å². The summed E-state index contributed by atoms with van der Waals surface area (Å²) in [6, 6.07) is 8.51. The number of nitrogens with one attached hydrogen (secondary N) is 2. The molecule has 332 valence electrons. The summed E-state index contributed by atoms with van der Waals surface area (Å²) in [5.74, 6) is -1.29. The van der Waals surface area contributed by atoms with Gasteiger partial charge in [-0.15, -0.1) is 30.2 Å². The topological polar surface area (TPSA) is 221 Å². The third-order valence-corrected chi connectivity index (χ3v) is 13.6. The van der Waals surface area contributed by atoms with Crippen molar-refractivity contribution < 1.29 is 48.7 Å². The number of aryl methyl sites for hydroxylation is 1. The van der Waals surface area contributed by atoms with Gasteiger partial charge >= 0.3 is 11.9 Å². The number of thioether (sulfide) groups is 1. The number of nitrogens with zero attached hydrogens (tertiary/aromatic N) is 3. The Bertz CT molecular complexity index is 2450. The van der Waals surface area contributed by atoms with Crippen molar-refractivity contribution in [3.8, 4) is 28.9 Å². The van der Waals surface area contributed by atoms with Crippen molar-refractivity contribution in [3.05, 3.63) is 62.9 Å². The lowest BCUT2D eigenvalue weighted by molar-refractivity contribution is -0.172. The molecule has 2 unspecified atom stereocenters. The number of fused-ring (bicyclic) bond motifs is 5. The van der Waals surface area contributed by atoms with Crippen LogP contribution in [0.3, 0.4) is 0 Å². The van der Waals surface area contributed by atoms with Crippen molar-refractivity contribution in [1.82, 2.24) is 24.8 Å². The first-order chi connectivity index (χ1) is 29.7. The summed E-state index contributed by atoms with van der Waals surface area (Å²) in [5, 5.41) is 38.2. The highest BCUT2D eigenvalue weighted by atomic mass is 32.2. The number of cyclic esters (lactones) is 1. The highest BCUT2D eigenvalue weighted by molar-refractivity contribution is 8.07. The number of esters is 2. The Balaban J connectivity index is 0.833. The molecule has 1 aliphatic carbocycles. The van der Waals surface area contributed by atoms with E-state index >= 15 is 0 Å². The molecule has 1 aromatic carbocycles. The van der Waals surface area contributed by atoms with Crippen LogP contribution in [-0.2, 0) is 60.4 Å². The van der Waals surface area contributed by atoms with Gasteiger partial charge in [0.15, 0.2) is 11.5 Å². The molecule has 3 aromatic heterocycles. The Morgan fingerprint density at radius 3 is 2.50 bits per heavy atom. The van der Waals surface area contributed by atoms with Crippen LogP contribution in [0.15, 0.2) is 40.0 Å². The van der Waals surface area contributed by atoms with Gasteiger partial charge in [-0.1, -0.05) is 13.8 Å². The molecular weight excluding hydrogens is 857 g/mol. The van der Waals surface area contributed by atoms with Crippen LogP contribution in [0.25, 0.3) is 22.3 Å². The maximum atomic E-state index is 13.7. The highest BCUT2D eigenvalue weighted by Crippen LogP contribution is 2.42. The minimum atomic E-state index is -1.91. The van der Waals surface area contributed by atoms with E-state index < -0.39 is 11.6 Å². The van der Waals surface area contributed by atoms with E-state index in [9.17, 15) is 39.3 Å². The van der Waals surface area contributed by atoms with Crippen molar-refractivity contribution in [2.24, 2.45) is 11.8 Å². The summed E-state index contributed by atoms with van der Waals surface area (Å²) in [5.41, 5.74) is 1.98. The summed E-state index contributed by atoms with van der Waals surface area (Å²) >= 11 is 1.35. The van der Waals surface area contributed by atoms with E-state index in [2.05, 4.69) is 29.1 Å². The zero-order valence-corrected chi connectivity index (χ0v) is 37.9. The van der Waals surface area contributed by atoms with E-state index in [1.807, 2.05) is 13.0 Å². The molecule has 0 radical (unpaired) electrons. The van der Waals surface area contributed by atoms with Crippen LogP contribution >= 0.6 is 30.2 Å². The number of aromatic nitrogens is 3. The van der Waals surface area contributed by atoms with Gasteiger partial charge in [0.05, 0.1) is 53.0 Å². The average Bonchev–Trinajstić information content (AvgIpc) is 3.75. The van der Waals surface area contributed by atoms with Gasteiger partial charge in [0.25, 0.3) is 5.56 Å². The van der Waals surface area contributed by atoms with Crippen LogP contribution in [0.5, 0.6) is 17.5 Å². The second-order valence-electron chi connectivity index (χ2n) is 15.9. The van der Waals surface area contributed by atoms with Crippen LogP contribution in [-0.4, -0.2) is 84.2 Å². The Morgan fingerprint density at radius 2 is 1.77 bits per heavy atom. The number of hydrogen-bond donors (Lipinski definition) is 5. The molecular formula is C43H53N5O11P2S. The fraction of sp³-hybridized carbons (Fsp3) is 0.488. The summed E-state index contributed by atoms with van der Waals surface area (Å²) < 4.78 is 19.6. The van der Waals surface area contributed by atoms with Crippen molar-refractivity contribution in [2.75, 3.05) is 26.3 Å². The van der Waals surface area contributed by atoms with Gasteiger partial charge in [0, 0.05) is 59.8 Å². The highest BCUT2D eigenvalue weighted by Gasteiger charge is 2.45. The summed E-state index contributed by atoms with van der Waals surface area (Å²) in [4.78, 5) is 69.8. The van der Waals surface area contributed by atoms with E-state index in [-0.39, 0.29) is 122 Å². The maximum Gasteiger partial charge on any atom is 0.343 e. The Hall–Kier alpha value is -4.53. The Kier molecular flexibility index (Phi) is 14.3. The first-order valence-corrected chi connectivity index (χ1v) is 23.2. The quantitative estimate of drug-likeness (QED) is 0.0287. The van der Waals surface area contributed by atoms with Crippen LogP contribution < -0.4 is 20.9 Å². The molecule has 0 spiro atoms. The third-order valence-electron chi connectivity index (χ3n) is 12.0. The van der Waals surface area contributed by atoms with E-state index in [0.717, 1.165) is 29.4 Å². The fourth-order valence-electron chi connectivity index (χ4n) is 8.54. The summed E-state index contributed by atoms with van der Waals surface area (Å²) in [6.07, 6.45) is 3.74. The number of aromatic hydroxyl groups is 2. The van der Waals surface area contributed by atoms with Gasteiger partial charge in [-0.25, -0.2) is 9.78 Å². The van der Waals surface area contributed by atoms with E-state index in [1.165, 1.54) is 22.4 Å². The number of benzene rings is 1. The zero-order valence-electron chi connectivity index (χ0n) is 34.7. The first-order valence-electron chi connectivity index (χ1n) is 21.0. The number of amides is 2. The molecule has 7 rings (SSSR count). The predicted octanol–water partition coefficient (Wildman–Crippen LogP) is 4.42. The predicted molar refractivity (Wildman–Crippen MR) is 238 cm³/mol. The standard InChI is InChI=1S/C43H53N5O11P2S/c1-3-26-27-17-25(9-10-31(27)46-37-28(26)21-48-32(37)18-30-29(38(48)52)22-58-41(55)43(30,56)4-2)59-40(54)24-7-5-23(6-8-24)20-45-35(50)12-15-57-16-13-44-34(49)11-14-47-36(51)19-33(39(47)53)62-42(60)61/h9-10,17-19,23-24,42,51,53,56H,3-8,11-16,20-22,60-61H2,1-2H3,(H,44,49)(H,45,50)/t23?,24?,43-/m0/s1. The molecule has 3 aliphatic rings. The molecule has 62 heavy (non-hydrogen) atoms. The molecule has 3 atom stereocenters. The van der Waals surface area contributed by atoms with E-state index in [0.29, 0.717) is 53.4 Å². The van der Waals surface area contributed by atoms with Gasteiger partial charge in [-0.3, -0.25) is 23.7 Å². The van der Waals surface area contributed by atoms with Gasteiger partial charge < -0.3 is 44.7 Å². The van der Waals surface area contributed by atoms with Crippen molar-refractivity contribution in [1.29, 1.82) is 0 Å². The zero-order chi connectivity index (χ0) is 44.3. The molecule has 0 bridgehead atoms. The number of rotatable bonds is 17. The average molecular weight is 910 g/mol. The molecule has 16 nitrogen and oxygen atoms in total. The lowest BCUT2D eigenvalue weighted by Gasteiger charge is -2.31. The molecule has 0 saturated heterocycles. The molecule has 1 fully saturated rings. The van der Waals surface area contributed by atoms with Crippen LogP contribution in [0.2, 0.25) is 0 Å². The van der Waals surface area contributed by atoms with E-state index in [1.54, 1.807) is 29.7 Å². The molecule has 19 heteroatoms. The maximum absolute atomic E-state index is 13.7. The SMILES string of the molecule is CCc1c2c(nc3ccc(OC(=O)C4CCC(CNC(=O)CCOCCNC(=O)CCn5c(O)cc(SC(P)P)c5O)CC4)cc13)-c1cc3c(c(=O)n1C2)COC(=O)[C@]3(O)CC. The Labute approximate surface area is 367 Å². The molecule has 4 aromatic rings. The first kappa shape index (κ1) is 45.5. The molecule has 2 amide bonds. The number of pyridine rings is 2. The van der Waals surface area contributed by atoms with Gasteiger partial charge in [0.2, 0.25) is 17.7 Å². The van der Waals surface area contributed by atoms with Crippen molar-refractivity contribution >= 4 is 64.9 Å². The van der Waals surface area contributed by atoms with Crippen molar-refractivity contribution in [2.45, 2.75) is 100 Å². The lowest BCUT2D eigenvalue weighted by atomic mass is 9.82. The largest absolute Gasteiger partial charge is 0.494 e. The van der Waals surface area contributed by atoms with Gasteiger partial charge in [0.1, 0.15) is 12.4 Å². The second kappa shape index (κ2) is 19.5.